The van der Waals surface area contributed by atoms with Crippen LogP contribution in [0.25, 0.3) is 0 Å². The summed E-state index contributed by atoms with van der Waals surface area (Å²) in [7, 11) is 0. The molecule has 0 aliphatic heterocycles. The molecule has 1 saturated carbocycles. The van der Waals surface area contributed by atoms with Gasteiger partial charge in [0.1, 0.15) is 12.4 Å². The average molecular weight is 272 g/mol. The third kappa shape index (κ3) is 4.02. The molecule has 1 aliphatic rings. The van der Waals surface area contributed by atoms with Gasteiger partial charge in [0.05, 0.1) is 6.10 Å². The van der Waals surface area contributed by atoms with E-state index >= 15 is 0 Å². The van der Waals surface area contributed by atoms with Crippen molar-refractivity contribution in [3.8, 4) is 17.6 Å². The van der Waals surface area contributed by atoms with E-state index in [2.05, 4.69) is 24.8 Å². The molecule has 0 heterocycles. The highest BCUT2D eigenvalue weighted by Crippen LogP contribution is 2.30. The second kappa shape index (κ2) is 7.36. The molecule has 2 nitrogen and oxygen atoms in total. The van der Waals surface area contributed by atoms with E-state index in [1.807, 2.05) is 19.1 Å². The highest BCUT2D eigenvalue weighted by Gasteiger charge is 2.22. The summed E-state index contributed by atoms with van der Waals surface area (Å²) in [6.45, 7) is 4.20. The van der Waals surface area contributed by atoms with Crippen molar-refractivity contribution in [1.82, 2.24) is 0 Å². The number of aryl methyl sites for hydroxylation is 1. The first-order valence-electron chi connectivity index (χ1n) is 7.60. The molecule has 0 saturated heterocycles. The molecule has 1 aromatic rings. The minimum atomic E-state index is -0.0990. The molecule has 20 heavy (non-hydrogen) atoms. The van der Waals surface area contributed by atoms with Gasteiger partial charge in [-0.3, -0.25) is 0 Å². The van der Waals surface area contributed by atoms with Gasteiger partial charge in [-0.15, -0.1) is 0 Å². The van der Waals surface area contributed by atoms with Crippen molar-refractivity contribution in [2.75, 3.05) is 6.61 Å². The topological polar surface area (TPSA) is 29.5 Å². The summed E-state index contributed by atoms with van der Waals surface area (Å²) in [4.78, 5) is 0. The summed E-state index contributed by atoms with van der Waals surface area (Å²) in [5.74, 6) is 7.41. The van der Waals surface area contributed by atoms with Crippen LogP contribution in [0.1, 0.15) is 50.2 Å². The maximum Gasteiger partial charge on any atom is 0.120 e. The molecule has 0 radical (unpaired) electrons. The van der Waals surface area contributed by atoms with Gasteiger partial charge in [0.2, 0.25) is 0 Å². The van der Waals surface area contributed by atoms with Gasteiger partial charge in [-0.2, -0.15) is 0 Å². The summed E-state index contributed by atoms with van der Waals surface area (Å²) >= 11 is 0. The predicted octanol–water partition coefficient (Wildman–Crippen LogP) is 3.69. The maximum atomic E-state index is 8.74. The summed E-state index contributed by atoms with van der Waals surface area (Å²) in [5, 5.41) is 8.74. The molecule has 0 aromatic heterocycles. The van der Waals surface area contributed by atoms with Crippen LogP contribution >= 0.6 is 0 Å². The quantitative estimate of drug-likeness (QED) is 0.850. The minimum absolute atomic E-state index is 0.0990. The summed E-state index contributed by atoms with van der Waals surface area (Å²) in [6, 6.07) is 6.02. The molecule has 0 spiro atoms. The van der Waals surface area contributed by atoms with Crippen LogP contribution in [0.4, 0.5) is 0 Å². The second-order valence-corrected chi connectivity index (χ2v) is 5.62. The van der Waals surface area contributed by atoms with E-state index in [1.165, 1.54) is 32.1 Å². The van der Waals surface area contributed by atoms with Crippen LogP contribution in [0.2, 0.25) is 0 Å². The lowest BCUT2D eigenvalue weighted by molar-refractivity contribution is 0.122. The number of aliphatic hydroxyl groups excluding tert-OH is 1. The Hall–Kier alpha value is -1.46. The molecule has 2 atom stereocenters. The average Bonchev–Trinajstić information content (AvgIpc) is 2.47. The Morgan fingerprint density at radius 1 is 1.35 bits per heavy atom. The second-order valence-electron chi connectivity index (χ2n) is 5.62. The number of ether oxygens (including phenoxy) is 1. The van der Waals surface area contributed by atoms with Gasteiger partial charge in [0, 0.05) is 5.56 Å². The van der Waals surface area contributed by atoms with E-state index in [9.17, 15) is 0 Å². The maximum absolute atomic E-state index is 8.74. The lowest BCUT2D eigenvalue weighted by Crippen LogP contribution is -2.25. The first-order valence-corrected chi connectivity index (χ1v) is 7.60. The van der Waals surface area contributed by atoms with E-state index in [4.69, 9.17) is 9.84 Å². The zero-order chi connectivity index (χ0) is 14.4. The smallest absolute Gasteiger partial charge is 0.120 e. The van der Waals surface area contributed by atoms with Crippen molar-refractivity contribution < 1.29 is 9.84 Å². The number of hydrogen-bond acceptors (Lipinski definition) is 2. The molecular formula is C18H24O2. The number of benzene rings is 1. The zero-order valence-corrected chi connectivity index (χ0v) is 12.5. The van der Waals surface area contributed by atoms with Crippen LogP contribution in [0.15, 0.2) is 18.2 Å². The fourth-order valence-corrected chi connectivity index (χ4v) is 2.90. The molecule has 2 heteroatoms. The van der Waals surface area contributed by atoms with E-state index in [-0.39, 0.29) is 6.61 Å². The number of hydrogen-bond donors (Lipinski definition) is 1. The van der Waals surface area contributed by atoms with Crippen molar-refractivity contribution in [1.29, 1.82) is 0 Å². The minimum Gasteiger partial charge on any atom is -0.490 e. The Kier molecular flexibility index (Phi) is 5.49. The van der Waals surface area contributed by atoms with Crippen LogP contribution in [0.3, 0.4) is 0 Å². The van der Waals surface area contributed by atoms with E-state index in [1.54, 1.807) is 0 Å². The first-order chi connectivity index (χ1) is 9.72. The van der Waals surface area contributed by atoms with Gasteiger partial charge >= 0.3 is 0 Å². The number of aliphatic hydroxyl groups is 1. The van der Waals surface area contributed by atoms with E-state index in [0.29, 0.717) is 6.10 Å². The van der Waals surface area contributed by atoms with Crippen molar-refractivity contribution in [2.24, 2.45) is 5.92 Å². The van der Waals surface area contributed by atoms with Crippen LogP contribution in [0.5, 0.6) is 5.75 Å². The Bertz CT molecular complexity index is 496. The lowest BCUT2D eigenvalue weighted by atomic mass is 9.85. The molecule has 1 aromatic carbocycles. The summed E-state index contributed by atoms with van der Waals surface area (Å²) in [5.41, 5.74) is 2.06. The molecule has 0 amide bonds. The van der Waals surface area contributed by atoms with Gasteiger partial charge in [-0.05, 0) is 55.9 Å². The van der Waals surface area contributed by atoms with Crippen LogP contribution in [0, 0.1) is 24.7 Å². The normalized spacial score (nSPS) is 21.9. The molecule has 0 bridgehead atoms. The Morgan fingerprint density at radius 3 is 2.90 bits per heavy atom. The van der Waals surface area contributed by atoms with Crippen molar-refractivity contribution in [3.05, 3.63) is 29.3 Å². The predicted molar refractivity (Wildman–Crippen MR) is 81.8 cm³/mol. The van der Waals surface area contributed by atoms with Crippen molar-refractivity contribution in [3.63, 3.8) is 0 Å². The Morgan fingerprint density at radius 2 is 2.20 bits per heavy atom. The molecule has 2 rings (SSSR count). The highest BCUT2D eigenvalue weighted by atomic mass is 16.5. The fraction of sp³-hybridized carbons (Fsp3) is 0.556. The standard InChI is InChI=1S/C18H24O2/c1-3-15-6-4-8-17(13-15)20-18-10-9-16(7-5-11-19)14(2)12-18/h9-10,12,15,17,19H,3-4,6,8,11,13H2,1-2H3. The van der Waals surface area contributed by atoms with Gasteiger partial charge in [-0.25, -0.2) is 0 Å². The van der Waals surface area contributed by atoms with Gasteiger partial charge in [0.15, 0.2) is 0 Å². The van der Waals surface area contributed by atoms with E-state index in [0.717, 1.165) is 22.8 Å². The fourth-order valence-electron chi connectivity index (χ4n) is 2.90. The van der Waals surface area contributed by atoms with Crippen LogP contribution < -0.4 is 4.74 Å². The van der Waals surface area contributed by atoms with Crippen molar-refractivity contribution in [2.45, 2.75) is 52.1 Å². The summed E-state index contributed by atoms with van der Waals surface area (Å²) in [6.07, 6.45) is 6.60. The van der Waals surface area contributed by atoms with Gasteiger partial charge in [-0.1, -0.05) is 31.6 Å². The molecule has 108 valence electrons. The largest absolute Gasteiger partial charge is 0.490 e. The molecule has 2 unspecified atom stereocenters. The molecule has 1 aliphatic carbocycles. The van der Waals surface area contributed by atoms with Gasteiger partial charge in [0.25, 0.3) is 0 Å². The van der Waals surface area contributed by atoms with E-state index < -0.39 is 0 Å². The molecular weight excluding hydrogens is 248 g/mol. The van der Waals surface area contributed by atoms with Crippen LogP contribution in [-0.4, -0.2) is 17.8 Å². The third-order valence-electron chi connectivity index (χ3n) is 4.11. The van der Waals surface area contributed by atoms with Crippen molar-refractivity contribution >= 4 is 0 Å². The Labute approximate surface area is 122 Å². The number of rotatable bonds is 3. The highest BCUT2D eigenvalue weighted by molar-refractivity contribution is 5.44. The zero-order valence-electron chi connectivity index (χ0n) is 12.5. The first kappa shape index (κ1) is 14.9. The monoisotopic (exact) mass is 272 g/mol. The van der Waals surface area contributed by atoms with Crippen LogP contribution in [-0.2, 0) is 0 Å². The molecule has 1 N–H and O–H groups in total. The Balaban J connectivity index is 2.01. The van der Waals surface area contributed by atoms with Gasteiger partial charge < -0.3 is 9.84 Å². The summed E-state index contributed by atoms with van der Waals surface area (Å²) < 4.78 is 6.13. The lowest BCUT2D eigenvalue weighted by Gasteiger charge is -2.29. The molecule has 1 fully saturated rings. The third-order valence-corrected chi connectivity index (χ3v) is 4.11. The SMILES string of the molecule is CCC1CCCC(Oc2ccc(C#CCO)c(C)c2)C1.